The van der Waals surface area contributed by atoms with Crippen molar-refractivity contribution in [2.75, 3.05) is 6.61 Å². The Labute approximate surface area is 364 Å². The minimum atomic E-state index is -1.72. The van der Waals surface area contributed by atoms with Crippen molar-refractivity contribution in [1.82, 2.24) is 0 Å². The molecule has 1 aliphatic heterocycles. The number of rotatable bonds is 14. The lowest BCUT2D eigenvalue weighted by Gasteiger charge is -2.45. The third kappa shape index (κ3) is 9.63. The van der Waals surface area contributed by atoms with Crippen LogP contribution in [-0.4, -0.2) is 61.2 Å². The first-order valence-electron chi connectivity index (χ1n) is 20.4. The van der Waals surface area contributed by atoms with Gasteiger partial charge in [-0.3, -0.25) is 0 Å². The minimum Gasteiger partial charge on any atom is -0.452 e. The van der Waals surface area contributed by atoms with Crippen molar-refractivity contribution < 1.29 is 47.6 Å². The van der Waals surface area contributed by atoms with Gasteiger partial charge >= 0.3 is 23.9 Å². The molecular weight excluding hydrogens is 797 g/mol. The van der Waals surface area contributed by atoms with E-state index in [0.29, 0.717) is 0 Å². The number of carbonyl (C=O) groups is 4. The largest absolute Gasteiger partial charge is 0.452 e. The van der Waals surface area contributed by atoms with E-state index < -0.39 is 60.2 Å². The van der Waals surface area contributed by atoms with Crippen molar-refractivity contribution in [3.8, 4) is 0 Å². The number of hydrogen-bond acceptors (Lipinski definition) is 10. The lowest BCUT2D eigenvalue weighted by atomic mass is 9.80. The van der Waals surface area contributed by atoms with Gasteiger partial charge in [0, 0.05) is 0 Å². The van der Waals surface area contributed by atoms with E-state index in [2.05, 4.69) is 0 Å². The number of hydrogen-bond donors (Lipinski definition) is 0. The average molecular weight is 839 g/mol. The summed E-state index contributed by atoms with van der Waals surface area (Å²) >= 11 is 0. The van der Waals surface area contributed by atoms with Gasteiger partial charge in [-0.15, -0.1) is 0 Å². The molecule has 1 unspecified atom stereocenters. The van der Waals surface area contributed by atoms with E-state index >= 15 is 0 Å². The molecular formula is C53H42O10. The lowest BCUT2D eigenvalue weighted by molar-refractivity contribution is -0.288. The van der Waals surface area contributed by atoms with Crippen LogP contribution in [0.15, 0.2) is 212 Å². The molecule has 8 rings (SSSR count). The van der Waals surface area contributed by atoms with Crippen molar-refractivity contribution >= 4 is 23.9 Å². The van der Waals surface area contributed by atoms with Crippen molar-refractivity contribution in [2.45, 2.75) is 36.3 Å². The molecule has 7 aromatic carbocycles. The van der Waals surface area contributed by atoms with E-state index in [9.17, 15) is 19.2 Å². The van der Waals surface area contributed by atoms with Crippen LogP contribution in [0.4, 0.5) is 0 Å². The second kappa shape index (κ2) is 19.8. The predicted molar refractivity (Wildman–Crippen MR) is 233 cm³/mol. The second-order valence-electron chi connectivity index (χ2n) is 14.6. The third-order valence-electron chi connectivity index (χ3n) is 10.6. The summed E-state index contributed by atoms with van der Waals surface area (Å²) in [6.07, 6.45) is -7.88. The van der Waals surface area contributed by atoms with Gasteiger partial charge in [0.25, 0.3) is 0 Å². The molecule has 0 aliphatic carbocycles. The van der Waals surface area contributed by atoms with E-state index in [0.717, 1.165) is 16.7 Å². The zero-order valence-electron chi connectivity index (χ0n) is 33.9. The van der Waals surface area contributed by atoms with Crippen LogP contribution < -0.4 is 0 Å². The predicted octanol–water partition coefficient (Wildman–Crippen LogP) is 9.25. The molecule has 63 heavy (non-hydrogen) atoms. The first-order chi connectivity index (χ1) is 30.9. The topological polar surface area (TPSA) is 124 Å². The van der Waals surface area contributed by atoms with Gasteiger partial charge in [-0.2, -0.15) is 0 Å². The normalized spacial score (nSPS) is 18.3. The maximum atomic E-state index is 14.2. The Balaban J connectivity index is 1.27. The van der Waals surface area contributed by atoms with Crippen LogP contribution >= 0.6 is 0 Å². The van der Waals surface area contributed by atoms with Crippen molar-refractivity contribution in [3.63, 3.8) is 0 Å². The van der Waals surface area contributed by atoms with Crippen LogP contribution in [0.1, 0.15) is 58.1 Å². The molecule has 0 spiro atoms. The maximum Gasteiger partial charge on any atom is 0.340 e. The first kappa shape index (κ1) is 42.0. The van der Waals surface area contributed by atoms with E-state index in [1.165, 1.54) is 0 Å². The quantitative estimate of drug-likeness (QED) is 0.0595. The van der Waals surface area contributed by atoms with E-state index in [1.807, 2.05) is 91.0 Å². The summed E-state index contributed by atoms with van der Waals surface area (Å²) < 4.78 is 38.7. The van der Waals surface area contributed by atoms with Gasteiger partial charge in [-0.25, -0.2) is 19.2 Å². The Bertz CT molecular complexity index is 2480. The Morgan fingerprint density at radius 3 is 1.00 bits per heavy atom. The minimum absolute atomic E-state index is 0.153. The second-order valence-corrected chi connectivity index (χ2v) is 14.6. The summed E-state index contributed by atoms with van der Waals surface area (Å²) in [6.45, 7) is -0.344. The zero-order valence-corrected chi connectivity index (χ0v) is 33.9. The molecule has 10 nitrogen and oxygen atoms in total. The van der Waals surface area contributed by atoms with Crippen LogP contribution in [-0.2, 0) is 34.0 Å². The summed E-state index contributed by atoms with van der Waals surface area (Å²) in [5, 5.41) is 0. The van der Waals surface area contributed by atoms with Crippen LogP contribution in [0.3, 0.4) is 0 Å². The van der Waals surface area contributed by atoms with Crippen molar-refractivity contribution in [3.05, 3.63) is 251 Å². The van der Waals surface area contributed by atoms with E-state index in [-0.39, 0.29) is 28.9 Å². The zero-order chi connectivity index (χ0) is 43.4. The standard InChI is InChI=1S/C53H42O10/c54-48(37-22-8-1-9-23-37)60-45-44(36-58-53(41-30-16-5-17-31-41,42-32-18-6-19-33-42)43-34-20-7-21-35-43)59-52(63-51(57)40-28-14-4-15-29-40)47(62-50(56)39-26-12-3-13-27-39)46(45)61-49(55)38-24-10-2-11-25-38/h1-35,44-47,52H,36H2/t44-,45-,46+,47-,52?/m1/s1. The summed E-state index contributed by atoms with van der Waals surface area (Å²) in [5.41, 5.74) is 1.69. The molecule has 0 radical (unpaired) electrons. The smallest absolute Gasteiger partial charge is 0.340 e. The Hall–Kier alpha value is -7.66. The fourth-order valence-electron chi connectivity index (χ4n) is 7.53. The summed E-state index contributed by atoms with van der Waals surface area (Å²) in [7, 11) is 0. The molecule has 1 fully saturated rings. The van der Waals surface area contributed by atoms with Gasteiger partial charge in [0.1, 0.15) is 11.7 Å². The van der Waals surface area contributed by atoms with Crippen LogP contribution in [0.2, 0.25) is 0 Å². The molecule has 0 amide bonds. The van der Waals surface area contributed by atoms with Crippen molar-refractivity contribution in [1.29, 1.82) is 0 Å². The molecule has 1 saturated heterocycles. The van der Waals surface area contributed by atoms with Crippen LogP contribution in [0, 0.1) is 0 Å². The Kier molecular flexibility index (Phi) is 13.2. The van der Waals surface area contributed by atoms with Gasteiger partial charge in [0.2, 0.25) is 12.4 Å². The molecule has 1 aliphatic rings. The molecule has 0 aromatic heterocycles. The monoisotopic (exact) mass is 838 g/mol. The number of benzene rings is 7. The van der Waals surface area contributed by atoms with E-state index in [4.69, 9.17) is 28.4 Å². The highest BCUT2D eigenvalue weighted by molar-refractivity contribution is 5.92. The Morgan fingerprint density at radius 1 is 0.365 bits per heavy atom. The first-order valence-corrected chi connectivity index (χ1v) is 20.4. The highest BCUT2D eigenvalue weighted by Gasteiger charge is 2.55. The molecule has 314 valence electrons. The van der Waals surface area contributed by atoms with Gasteiger partial charge in [-0.05, 0) is 65.2 Å². The maximum absolute atomic E-state index is 14.2. The third-order valence-corrected chi connectivity index (χ3v) is 10.6. The molecule has 0 bridgehead atoms. The van der Waals surface area contributed by atoms with Gasteiger partial charge < -0.3 is 28.4 Å². The SMILES string of the molecule is O=C(OC1O[C@H](COC(c2ccccc2)(c2ccccc2)c2ccccc2)[C@@H](OC(=O)c2ccccc2)[C@H](OC(=O)c2ccccc2)[C@H]1OC(=O)c1ccccc1)c1ccccc1. The van der Waals surface area contributed by atoms with Gasteiger partial charge in [0.15, 0.2) is 12.2 Å². The fourth-order valence-corrected chi connectivity index (χ4v) is 7.53. The molecule has 7 aromatic rings. The lowest BCUT2D eigenvalue weighted by Crippen LogP contribution is -2.63. The molecule has 10 heteroatoms. The fraction of sp³-hybridized carbons (Fsp3) is 0.132. The van der Waals surface area contributed by atoms with Gasteiger partial charge in [0.05, 0.1) is 28.9 Å². The number of esters is 4. The van der Waals surface area contributed by atoms with Crippen LogP contribution in [0.25, 0.3) is 0 Å². The van der Waals surface area contributed by atoms with Crippen molar-refractivity contribution in [2.24, 2.45) is 0 Å². The number of ether oxygens (including phenoxy) is 6. The summed E-state index contributed by atoms with van der Waals surface area (Å²) in [4.78, 5) is 56.2. The number of carbonyl (C=O) groups excluding carboxylic acids is 4. The molecule has 5 atom stereocenters. The molecule has 0 saturated carbocycles. The average Bonchev–Trinajstić information content (AvgIpc) is 3.35. The van der Waals surface area contributed by atoms with Gasteiger partial charge in [-0.1, -0.05) is 164 Å². The van der Waals surface area contributed by atoms with E-state index in [1.54, 1.807) is 121 Å². The Morgan fingerprint density at radius 2 is 0.651 bits per heavy atom. The summed E-state index contributed by atoms with van der Waals surface area (Å²) in [6, 6.07) is 61.6. The highest BCUT2D eigenvalue weighted by atomic mass is 16.7. The molecule has 1 heterocycles. The van der Waals surface area contributed by atoms with Crippen LogP contribution in [0.5, 0.6) is 0 Å². The highest BCUT2D eigenvalue weighted by Crippen LogP contribution is 2.42. The summed E-state index contributed by atoms with van der Waals surface area (Å²) in [5.74, 6) is -3.28. The molecule has 0 N–H and O–H groups in total.